The van der Waals surface area contributed by atoms with Crippen LogP contribution in [0.2, 0.25) is 0 Å². The number of aliphatic hydroxyl groups excluding tert-OH is 1. The highest BCUT2D eigenvalue weighted by Crippen LogP contribution is 2.52. The lowest BCUT2D eigenvalue weighted by molar-refractivity contribution is -0.385. The van der Waals surface area contributed by atoms with Gasteiger partial charge in [-0.05, 0) is 48.7 Å². The molecular formula is C32H35FN4O11S. The highest BCUT2D eigenvalue weighted by atomic mass is 32.2. The third-order valence-electron chi connectivity index (χ3n) is 8.76. The topological polar surface area (TPSA) is 192 Å². The van der Waals surface area contributed by atoms with Crippen LogP contribution in [0.25, 0.3) is 0 Å². The molecule has 0 radical (unpaired) electrons. The number of benzene rings is 2. The smallest absolute Gasteiger partial charge is 0.410 e. The molecule has 0 saturated carbocycles. The molecule has 49 heavy (non-hydrogen) atoms. The lowest BCUT2D eigenvalue weighted by atomic mass is 9.79. The summed E-state index contributed by atoms with van der Waals surface area (Å²) in [5.41, 5.74) is 0.876. The molecule has 1 N–H and O–H groups in total. The van der Waals surface area contributed by atoms with Gasteiger partial charge in [0.05, 0.1) is 47.2 Å². The molecule has 0 aliphatic carbocycles. The van der Waals surface area contributed by atoms with Gasteiger partial charge in [-0.25, -0.2) is 14.0 Å². The number of amides is 2. The van der Waals surface area contributed by atoms with Crippen LogP contribution in [0.1, 0.15) is 31.4 Å². The van der Waals surface area contributed by atoms with Gasteiger partial charge in [0.15, 0.2) is 0 Å². The number of likely N-dealkylation sites (tertiary alicyclic amines) is 1. The molecule has 3 heterocycles. The van der Waals surface area contributed by atoms with E-state index in [2.05, 4.69) is 0 Å². The van der Waals surface area contributed by atoms with E-state index in [4.69, 9.17) is 14.2 Å². The summed E-state index contributed by atoms with van der Waals surface area (Å²) in [6.07, 6.45) is -1.23. The second-order valence-electron chi connectivity index (χ2n) is 12.0. The van der Waals surface area contributed by atoms with Gasteiger partial charge in [0.1, 0.15) is 25.6 Å². The number of hydrogen-bond donors (Lipinski definition) is 1. The molecule has 262 valence electrons. The van der Waals surface area contributed by atoms with Crippen LogP contribution in [-0.4, -0.2) is 92.6 Å². The Balaban J connectivity index is 1.33. The minimum atomic E-state index is -0.956. The standard InChI is InChI=1S/C32H35FN4O11S/c1-18-27-26(19(2)38)30(39)35(27)28(31(40)47-15-20-3-7-22(8-4-20)36(42)43)29(18)49-25-13-24(17-46-12-11-33)34(14-25)32(41)48-16-21-5-9-23(10-6-21)37(44)45/h3-10,18-19,24-27,38H,11-17H2,1-2H3/t18-,19-,24+,25+,26-,27-/m1/s1. The van der Waals surface area contributed by atoms with E-state index in [1.54, 1.807) is 0 Å². The average Bonchev–Trinajstić information content (AvgIpc) is 3.58. The Morgan fingerprint density at radius 3 is 2.12 bits per heavy atom. The minimum Gasteiger partial charge on any atom is -0.456 e. The summed E-state index contributed by atoms with van der Waals surface area (Å²) in [6.45, 7) is 2.36. The van der Waals surface area contributed by atoms with Gasteiger partial charge in [-0.1, -0.05) is 6.92 Å². The number of nitro benzene ring substituents is 2. The molecule has 2 aromatic carbocycles. The second-order valence-corrected chi connectivity index (χ2v) is 13.3. The Hall–Kier alpha value is -4.61. The highest BCUT2D eigenvalue weighted by Gasteiger charge is 2.60. The maximum Gasteiger partial charge on any atom is 0.410 e. The number of nitro groups is 2. The number of fused-ring (bicyclic) bond motifs is 1. The first-order valence-corrected chi connectivity index (χ1v) is 16.4. The number of carbonyl (C=O) groups excluding carboxylic acids is 3. The van der Waals surface area contributed by atoms with Gasteiger partial charge in [-0.15, -0.1) is 11.8 Å². The van der Waals surface area contributed by atoms with Crippen molar-refractivity contribution in [1.29, 1.82) is 0 Å². The number of β-lactam (4-membered cyclic amide) rings is 1. The number of aliphatic hydroxyl groups is 1. The maximum absolute atomic E-state index is 13.6. The predicted octanol–water partition coefficient (Wildman–Crippen LogP) is 4.11. The quantitative estimate of drug-likeness (QED) is 0.0976. The summed E-state index contributed by atoms with van der Waals surface area (Å²) in [7, 11) is 0. The van der Waals surface area contributed by atoms with E-state index in [0.29, 0.717) is 22.5 Å². The van der Waals surface area contributed by atoms with Gasteiger partial charge in [-0.3, -0.25) is 25.0 Å². The normalized spacial score (nSPS) is 23.6. The molecular weight excluding hydrogens is 667 g/mol. The largest absolute Gasteiger partial charge is 0.456 e. The van der Waals surface area contributed by atoms with Gasteiger partial charge in [0.2, 0.25) is 5.91 Å². The van der Waals surface area contributed by atoms with Crippen molar-refractivity contribution >= 4 is 41.1 Å². The first kappa shape index (κ1) is 35.7. The molecule has 0 unspecified atom stereocenters. The molecule has 0 aromatic heterocycles. The number of carbonyl (C=O) groups is 3. The van der Waals surface area contributed by atoms with Gasteiger partial charge < -0.3 is 29.1 Å². The van der Waals surface area contributed by atoms with Crippen LogP contribution in [0.15, 0.2) is 59.1 Å². The summed E-state index contributed by atoms with van der Waals surface area (Å²) < 4.78 is 29.4. The van der Waals surface area contributed by atoms with Crippen LogP contribution >= 0.6 is 11.8 Å². The number of nitrogens with zero attached hydrogens (tertiary/aromatic N) is 4. The van der Waals surface area contributed by atoms with Crippen LogP contribution < -0.4 is 0 Å². The Kier molecular flexibility index (Phi) is 11.1. The van der Waals surface area contributed by atoms with Crippen molar-refractivity contribution in [3.8, 4) is 0 Å². The third-order valence-corrected chi connectivity index (χ3v) is 10.3. The molecule has 3 aliphatic rings. The molecule has 6 atom stereocenters. The van der Waals surface area contributed by atoms with Crippen molar-refractivity contribution in [2.45, 2.75) is 56.9 Å². The van der Waals surface area contributed by atoms with Crippen LogP contribution in [-0.2, 0) is 37.0 Å². The molecule has 15 nitrogen and oxygen atoms in total. The van der Waals surface area contributed by atoms with Crippen molar-refractivity contribution in [3.63, 3.8) is 0 Å². The van der Waals surface area contributed by atoms with Crippen LogP contribution in [0.3, 0.4) is 0 Å². The van der Waals surface area contributed by atoms with E-state index in [1.165, 1.54) is 77.0 Å². The Bertz CT molecular complexity index is 1620. The maximum atomic E-state index is 13.6. The summed E-state index contributed by atoms with van der Waals surface area (Å²) in [4.78, 5) is 64.3. The summed E-state index contributed by atoms with van der Waals surface area (Å²) >= 11 is 1.32. The monoisotopic (exact) mass is 702 g/mol. The number of hydrogen-bond acceptors (Lipinski definition) is 12. The number of alkyl halides is 1. The molecule has 2 saturated heterocycles. The van der Waals surface area contributed by atoms with Crippen molar-refractivity contribution < 1.29 is 47.9 Å². The van der Waals surface area contributed by atoms with Crippen LogP contribution in [0, 0.1) is 32.1 Å². The molecule has 3 aliphatic heterocycles. The van der Waals surface area contributed by atoms with Crippen LogP contribution in [0.4, 0.5) is 20.6 Å². The van der Waals surface area contributed by atoms with E-state index in [0.717, 1.165) is 0 Å². The lowest BCUT2D eigenvalue weighted by Crippen LogP contribution is -2.63. The average molecular weight is 703 g/mol. The van der Waals surface area contributed by atoms with Crippen molar-refractivity contribution in [2.24, 2.45) is 11.8 Å². The molecule has 2 amide bonds. The van der Waals surface area contributed by atoms with E-state index in [-0.39, 0.29) is 61.2 Å². The zero-order valence-corrected chi connectivity index (χ0v) is 27.5. The number of thioether (sulfide) groups is 1. The van der Waals surface area contributed by atoms with Crippen molar-refractivity contribution in [1.82, 2.24) is 9.80 Å². The van der Waals surface area contributed by atoms with Gasteiger partial charge in [-0.2, -0.15) is 0 Å². The zero-order chi connectivity index (χ0) is 35.4. The van der Waals surface area contributed by atoms with Crippen molar-refractivity contribution in [3.05, 3.63) is 90.5 Å². The fraction of sp³-hybridized carbons (Fsp3) is 0.469. The predicted molar refractivity (Wildman–Crippen MR) is 171 cm³/mol. The summed E-state index contributed by atoms with van der Waals surface area (Å²) in [5.74, 6) is -2.26. The lowest BCUT2D eigenvalue weighted by Gasteiger charge is -2.46. The molecule has 5 rings (SSSR count). The first-order valence-electron chi connectivity index (χ1n) is 15.5. The van der Waals surface area contributed by atoms with Gasteiger partial charge in [0, 0.05) is 46.9 Å². The number of halogens is 1. The number of rotatable bonds is 14. The summed E-state index contributed by atoms with van der Waals surface area (Å²) in [6, 6.07) is 10.1. The zero-order valence-electron chi connectivity index (χ0n) is 26.6. The van der Waals surface area contributed by atoms with E-state index in [1.807, 2.05) is 6.92 Å². The first-order chi connectivity index (χ1) is 23.4. The van der Waals surface area contributed by atoms with E-state index < -0.39 is 58.6 Å². The number of ether oxygens (including phenoxy) is 3. The van der Waals surface area contributed by atoms with E-state index in [9.17, 15) is 44.1 Å². The fourth-order valence-corrected chi connectivity index (χ4v) is 7.90. The van der Waals surface area contributed by atoms with Crippen LogP contribution in [0.5, 0.6) is 0 Å². The van der Waals surface area contributed by atoms with Crippen molar-refractivity contribution in [2.75, 3.05) is 26.4 Å². The Morgan fingerprint density at radius 1 is 1.02 bits per heavy atom. The van der Waals surface area contributed by atoms with Gasteiger partial charge >= 0.3 is 12.1 Å². The number of esters is 1. The molecule has 17 heteroatoms. The minimum absolute atomic E-state index is 0.0314. The Morgan fingerprint density at radius 2 is 1.59 bits per heavy atom. The second kappa shape index (κ2) is 15.3. The third kappa shape index (κ3) is 7.68. The summed E-state index contributed by atoms with van der Waals surface area (Å²) in [5, 5.41) is 32.0. The Labute approximate surface area is 284 Å². The van der Waals surface area contributed by atoms with E-state index >= 15 is 0 Å². The molecule has 2 fully saturated rings. The van der Waals surface area contributed by atoms with Gasteiger partial charge in [0.25, 0.3) is 11.4 Å². The fourth-order valence-electron chi connectivity index (χ4n) is 6.34. The molecule has 2 aromatic rings. The highest BCUT2D eigenvalue weighted by molar-refractivity contribution is 8.03. The SMILES string of the molecule is C[C@@H](O)[C@H]1C(=O)N2C(C(=O)OCc3ccc([N+](=O)[O-])cc3)=C(S[C@H]3C[C@@H](COCCF)N(C(=O)OCc4ccc([N+](=O)[O-])cc4)C3)[C@H](C)[C@H]12. The number of non-ortho nitro benzene ring substituents is 2. The molecule has 0 spiro atoms. The molecule has 0 bridgehead atoms.